The molecule has 1 aliphatic heterocycles. The van der Waals surface area contributed by atoms with Crippen LogP contribution in [0.1, 0.15) is 29.7 Å². The van der Waals surface area contributed by atoms with Crippen LogP contribution in [0.5, 0.6) is 11.5 Å². The lowest BCUT2D eigenvalue weighted by atomic mass is 9.92. The topological polar surface area (TPSA) is 21.7 Å². The minimum absolute atomic E-state index is 0.251. The molecule has 0 saturated carbocycles. The quantitative estimate of drug-likeness (QED) is 0.749. The van der Waals surface area contributed by atoms with Crippen molar-refractivity contribution in [3.8, 4) is 11.5 Å². The number of halogens is 2. The van der Waals surface area contributed by atoms with Gasteiger partial charge in [-0.3, -0.25) is 4.90 Å². The number of hydrogen-bond acceptors (Lipinski definition) is 3. The van der Waals surface area contributed by atoms with Crippen molar-refractivity contribution in [3.63, 3.8) is 0 Å². The number of methoxy groups -OCH3 is 2. The molecule has 1 aliphatic rings. The summed E-state index contributed by atoms with van der Waals surface area (Å²) in [7, 11) is 3.33. The molecule has 0 N–H and O–H groups in total. The number of hydrogen-bond donors (Lipinski definition) is 0. The largest absolute Gasteiger partial charge is 0.493 e. The van der Waals surface area contributed by atoms with Crippen molar-refractivity contribution < 1.29 is 9.47 Å². The lowest BCUT2D eigenvalue weighted by Crippen LogP contribution is -2.33. The van der Waals surface area contributed by atoms with Gasteiger partial charge in [-0.25, -0.2) is 0 Å². The second kappa shape index (κ2) is 7.22. The van der Waals surface area contributed by atoms with Gasteiger partial charge in [-0.2, -0.15) is 0 Å². The summed E-state index contributed by atoms with van der Waals surface area (Å²) in [5.74, 6) is 1.55. The number of ether oxygens (including phenoxy) is 2. The summed E-state index contributed by atoms with van der Waals surface area (Å²) in [5, 5.41) is 1.43. The minimum atomic E-state index is 0.251. The van der Waals surface area contributed by atoms with Crippen LogP contribution in [0, 0.1) is 0 Å². The van der Waals surface area contributed by atoms with E-state index in [0.717, 1.165) is 36.6 Å². The van der Waals surface area contributed by atoms with Crippen molar-refractivity contribution in [2.24, 2.45) is 0 Å². The second-order valence-electron chi connectivity index (χ2n) is 6.00. The molecule has 0 saturated heterocycles. The molecule has 0 fully saturated rings. The third kappa shape index (κ3) is 3.21. The van der Waals surface area contributed by atoms with Crippen LogP contribution in [-0.4, -0.2) is 25.7 Å². The maximum atomic E-state index is 6.34. The van der Waals surface area contributed by atoms with Gasteiger partial charge in [0.2, 0.25) is 0 Å². The summed E-state index contributed by atoms with van der Waals surface area (Å²) in [4.78, 5) is 2.39. The van der Waals surface area contributed by atoms with E-state index in [9.17, 15) is 0 Å². The third-order valence-electron chi connectivity index (χ3n) is 4.73. The van der Waals surface area contributed by atoms with Crippen LogP contribution in [0.3, 0.4) is 0 Å². The molecule has 2 aromatic carbocycles. The Morgan fingerprint density at radius 1 is 1.08 bits per heavy atom. The van der Waals surface area contributed by atoms with Gasteiger partial charge >= 0.3 is 0 Å². The summed E-state index contributed by atoms with van der Waals surface area (Å²) in [6.07, 6.45) is 0.960. The average molecular weight is 366 g/mol. The summed E-state index contributed by atoms with van der Waals surface area (Å²) >= 11 is 12.7. The van der Waals surface area contributed by atoms with Gasteiger partial charge in [-0.05, 0) is 48.7 Å². The number of nitrogens with zero attached hydrogens (tertiary/aromatic N) is 1. The molecule has 1 atom stereocenters. The summed E-state index contributed by atoms with van der Waals surface area (Å²) in [5.41, 5.74) is 3.56. The summed E-state index contributed by atoms with van der Waals surface area (Å²) < 4.78 is 10.9. The van der Waals surface area contributed by atoms with E-state index in [-0.39, 0.29) is 6.04 Å². The van der Waals surface area contributed by atoms with Crippen LogP contribution in [0.4, 0.5) is 0 Å². The molecular formula is C19H21Cl2NO2. The smallest absolute Gasteiger partial charge is 0.161 e. The zero-order chi connectivity index (χ0) is 17.3. The second-order valence-corrected chi connectivity index (χ2v) is 6.82. The first-order chi connectivity index (χ1) is 11.5. The highest BCUT2D eigenvalue weighted by Gasteiger charge is 2.26. The molecule has 0 aromatic heterocycles. The molecule has 24 heavy (non-hydrogen) atoms. The SMILES string of the molecule is COc1cc2c(cc1OC)C(C)N(Cc1c(Cl)cccc1Cl)CC2. The Hall–Kier alpha value is -1.42. The van der Waals surface area contributed by atoms with Gasteiger partial charge in [-0.15, -0.1) is 0 Å². The fourth-order valence-electron chi connectivity index (χ4n) is 3.30. The van der Waals surface area contributed by atoms with Crippen LogP contribution < -0.4 is 9.47 Å². The Kier molecular flexibility index (Phi) is 5.24. The average Bonchev–Trinajstić information content (AvgIpc) is 2.59. The zero-order valence-electron chi connectivity index (χ0n) is 14.1. The summed E-state index contributed by atoms with van der Waals surface area (Å²) in [6, 6.07) is 10.1. The van der Waals surface area contributed by atoms with E-state index < -0.39 is 0 Å². The zero-order valence-corrected chi connectivity index (χ0v) is 15.6. The van der Waals surface area contributed by atoms with E-state index in [4.69, 9.17) is 32.7 Å². The molecule has 1 unspecified atom stereocenters. The standard InChI is InChI=1S/C19H21Cl2NO2/c1-12-14-10-19(24-3)18(23-2)9-13(14)7-8-22(12)11-15-16(20)5-4-6-17(15)21/h4-6,9-10,12H,7-8,11H2,1-3H3. The molecule has 0 radical (unpaired) electrons. The van der Waals surface area contributed by atoms with Crippen molar-refractivity contribution in [1.82, 2.24) is 4.90 Å². The molecule has 0 bridgehead atoms. The van der Waals surface area contributed by atoms with Crippen LogP contribution in [0.2, 0.25) is 10.0 Å². The maximum Gasteiger partial charge on any atom is 0.161 e. The third-order valence-corrected chi connectivity index (χ3v) is 5.44. The molecule has 3 nitrogen and oxygen atoms in total. The van der Waals surface area contributed by atoms with E-state index >= 15 is 0 Å². The van der Waals surface area contributed by atoms with Crippen molar-refractivity contribution >= 4 is 23.2 Å². The molecule has 0 aliphatic carbocycles. The molecule has 1 heterocycles. The van der Waals surface area contributed by atoms with Gasteiger partial charge in [-0.1, -0.05) is 29.3 Å². The first kappa shape index (κ1) is 17.4. The van der Waals surface area contributed by atoms with Crippen LogP contribution in [0.25, 0.3) is 0 Å². The van der Waals surface area contributed by atoms with Crippen molar-refractivity contribution in [2.45, 2.75) is 25.9 Å². The molecular weight excluding hydrogens is 345 g/mol. The fraction of sp³-hybridized carbons (Fsp3) is 0.368. The molecule has 5 heteroatoms. The number of benzene rings is 2. The highest BCUT2D eigenvalue weighted by atomic mass is 35.5. The monoisotopic (exact) mass is 365 g/mol. The maximum absolute atomic E-state index is 6.34. The first-order valence-electron chi connectivity index (χ1n) is 7.97. The van der Waals surface area contributed by atoms with Gasteiger partial charge < -0.3 is 9.47 Å². The van der Waals surface area contributed by atoms with Crippen LogP contribution in [-0.2, 0) is 13.0 Å². The first-order valence-corrected chi connectivity index (χ1v) is 8.72. The Morgan fingerprint density at radius 3 is 2.33 bits per heavy atom. The molecule has 0 spiro atoms. The van der Waals surface area contributed by atoms with Gasteiger partial charge in [0.05, 0.1) is 14.2 Å². The highest BCUT2D eigenvalue weighted by molar-refractivity contribution is 6.35. The van der Waals surface area contributed by atoms with E-state index in [2.05, 4.69) is 24.0 Å². The molecule has 2 aromatic rings. The Morgan fingerprint density at radius 2 is 1.71 bits per heavy atom. The molecule has 0 amide bonds. The Bertz CT molecular complexity index is 728. The van der Waals surface area contributed by atoms with Gasteiger partial charge in [0.1, 0.15) is 0 Å². The van der Waals surface area contributed by atoms with Gasteiger partial charge in [0, 0.05) is 34.7 Å². The fourth-order valence-corrected chi connectivity index (χ4v) is 3.82. The Balaban J connectivity index is 1.90. The van der Waals surface area contributed by atoms with E-state index in [0.29, 0.717) is 10.0 Å². The molecule has 3 rings (SSSR count). The molecule has 128 valence electrons. The predicted octanol–water partition coefficient (Wildman–Crippen LogP) is 5.13. The lowest BCUT2D eigenvalue weighted by Gasteiger charge is -2.36. The Labute approximate surface area is 153 Å². The van der Waals surface area contributed by atoms with E-state index in [1.807, 2.05) is 18.2 Å². The summed E-state index contributed by atoms with van der Waals surface area (Å²) in [6.45, 7) is 3.88. The van der Waals surface area contributed by atoms with E-state index in [1.54, 1.807) is 14.2 Å². The number of rotatable bonds is 4. The van der Waals surface area contributed by atoms with Crippen molar-refractivity contribution in [1.29, 1.82) is 0 Å². The van der Waals surface area contributed by atoms with Crippen LogP contribution in [0.15, 0.2) is 30.3 Å². The normalized spacial score (nSPS) is 17.5. The van der Waals surface area contributed by atoms with Gasteiger partial charge in [0.25, 0.3) is 0 Å². The van der Waals surface area contributed by atoms with Crippen molar-refractivity contribution in [2.75, 3.05) is 20.8 Å². The van der Waals surface area contributed by atoms with Gasteiger partial charge in [0.15, 0.2) is 11.5 Å². The van der Waals surface area contributed by atoms with Crippen LogP contribution >= 0.6 is 23.2 Å². The predicted molar refractivity (Wildman–Crippen MR) is 98.5 cm³/mol. The van der Waals surface area contributed by atoms with E-state index in [1.165, 1.54) is 11.1 Å². The van der Waals surface area contributed by atoms with Crippen molar-refractivity contribution in [3.05, 3.63) is 57.1 Å². The lowest BCUT2D eigenvalue weighted by molar-refractivity contribution is 0.189. The minimum Gasteiger partial charge on any atom is -0.493 e. The number of fused-ring (bicyclic) bond motifs is 1. The highest BCUT2D eigenvalue weighted by Crippen LogP contribution is 2.39.